The Labute approximate surface area is 82.4 Å². The molecule has 2 rings (SSSR count). The van der Waals surface area contributed by atoms with Crippen LogP contribution in [0.4, 0.5) is 15.9 Å². The second-order valence-corrected chi connectivity index (χ2v) is 3.24. The Morgan fingerprint density at radius 2 is 1.79 bits per heavy atom. The molecule has 1 N–H and O–H groups in total. The highest BCUT2D eigenvalue weighted by atomic mass is 19.2. The Balaban J connectivity index is 2.07. The summed E-state index contributed by atoms with van der Waals surface area (Å²) in [5.74, 6) is 0. The number of morpholine rings is 1. The highest BCUT2D eigenvalue weighted by molar-refractivity contribution is 5.54. The van der Waals surface area contributed by atoms with Gasteiger partial charge in [0.15, 0.2) is 0 Å². The third-order valence-corrected chi connectivity index (χ3v) is 2.35. The van der Waals surface area contributed by atoms with Gasteiger partial charge in [-0.3, -0.25) is 0 Å². The molecule has 76 valence electrons. The third kappa shape index (κ3) is 1.96. The largest absolute Gasteiger partial charge is 0.378 e. The van der Waals surface area contributed by atoms with Gasteiger partial charge in [0.25, 0.3) is 0 Å². The van der Waals surface area contributed by atoms with Gasteiger partial charge in [0.2, 0.25) is 0 Å². The molecule has 1 heterocycles. The predicted molar refractivity (Wildman–Crippen MR) is 54.2 cm³/mol. The average molecular weight is 196 g/mol. The Kier molecular flexibility index (Phi) is 2.84. The number of hydrogen-bond acceptors (Lipinski definition) is 3. The van der Waals surface area contributed by atoms with Crippen LogP contribution in [0.3, 0.4) is 0 Å². The van der Waals surface area contributed by atoms with Crippen molar-refractivity contribution in [3.05, 3.63) is 24.3 Å². The Bertz CT molecular complexity index is 283. The molecule has 1 aromatic rings. The summed E-state index contributed by atoms with van der Waals surface area (Å²) in [5, 5.41) is 0. The van der Waals surface area contributed by atoms with Crippen molar-refractivity contribution in [2.24, 2.45) is 0 Å². The Morgan fingerprint density at radius 1 is 1.14 bits per heavy atom. The van der Waals surface area contributed by atoms with E-state index in [-0.39, 0.29) is 0 Å². The zero-order valence-electron chi connectivity index (χ0n) is 7.87. The molecule has 1 saturated heterocycles. The number of rotatable bonds is 2. The van der Waals surface area contributed by atoms with Crippen molar-refractivity contribution in [3.63, 3.8) is 0 Å². The van der Waals surface area contributed by atoms with Gasteiger partial charge in [0.05, 0.1) is 18.9 Å². The van der Waals surface area contributed by atoms with E-state index < -0.39 is 0 Å². The summed E-state index contributed by atoms with van der Waals surface area (Å²) in [4.78, 5) is 2.23. The monoisotopic (exact) mass is 196 g/mol. The first-order valence-electron chi connectivity index (χ1n) is 4.69. The number of hydrogen-bond donors (Lipinski definition) is 1. The molecule has 0 unspecified atom stereocenters. The van der Waals surface area contributed by atoms with Crippen LogP contribution >= 0.6 is 0 Å². The predicted octanol–water partition coefficient (Wildman–Crippen LogP) is 1.82. The van der Waals surface area contributed by atoms with Crippen molar-refractivity contribution in [1.29, 1.82) is 0 Å². The van der Waals surface area contributed by atoms with Gasteiger partial charge in [-0.1, -0.05) is 0 Å². The molecular formula is C10H13FN2O. The minimum Gasteiger partial charge on any atom is -0.378 e. The molecule has 0 aliphatic carbocycles. The summed E-state index contributed by atoms with van der Waals surface area (Å²) in [6, 6.07) is 7.27. The molecule has 14 heavy (non-hydrogen) atoms. The Morgan fingerprint density at radius 3 is 2.36 bits per heavy atom. The fourth-order valence-electron chi connectivity index (χ4n) is 1.56. The molecule has 0 bridgehead atoms. The van der Waals surface area contributed by atoms with E-state index in [1.54, 1.807) is 17.7 Å². The van der Waals surface area contributed by atoms with Crippen LogP contribution in [-0.2, 0) is 4.74 Å². The zero-order valence-corrected chi connectivity index (χ0v) is 7.87. The van der Waals surface area contributed by atoms with Crippen LogP contribution in [0, 0.1) is 0 Å². The number of ether oxygens (including phenoxy) is 1. The molecule has 1 aromatic carbocycles. The lowest BCUT2D eigenvalue weighted by Crippen LogP contribution is -2.36. The van der Waals surface area contributed by atoms with Gasteiger partial charge in [-0.25, -0.2) is 5.54 Å². The minimum atomic E-state index is 0.488. The van der Waals surface area contributed by atoms with Crippen molar-refractivity contribution in [2.75, 3.05) is 36.7 Å². The number of nitrogens with zero attached hydrogens (tertiary/aromatic N) is 1. The van der Waals surface area contributed by atoms with Crippen LogP contribution in [-0.4, -0.2) is 26.3 Å². The van der Waals surface area contributed by atoms with E-state index in [4.69, 9.17) is 4.74 Å². The first kappa shape index (κ1) is 9.27. The lowest BCUT2D eigenvalue weighted by atomic mass is 10.2. The molecule has 0 radical (unpaired) electrons. The number of nitrogens with one attached hydrogen (secondary N) is 1. The molecule has 0 aromatic heterocycles. The summed E-state index contributed by atoms with van der Waals surface area (Å²) in [7, 11) is 0. The van der Waals surface area contributed by atoms with E-state index in [0.29, 0.717) is 5.69 Å². The quantitative estimate of drug-likeness (QED) is 0.730. The summed E-state index contributed by atoms with van der Waals surface area (Å²) in [5.41, 5.74) is 3.22. The van der Waals surface area contributed by atoms with Gasteiger partial charge in [0.1, 0.15) is 0 Å². The molecule has 4 heteroatoms. The molecule has 3 nitrogen and oxygen atoms in total. The van der Waals surface area contributed by atoms with Gasteiger partial charge in [-0.05, 0) is 24.3 Å². The van der Waals surface area contributed by atoms with Crippen molar-refractivity contribution >= 4 is 11.4 Å². The maximum absolute atomic E-state index is 12.0. The van der Waals surface area contributed by atoms with Crippen LogP contribution in [0.15, 0.2) is 24.3 Å². The van der Waals surface area contributed by atoms with Gasteiger partial charge in [-0.15, -0.1) is 4.48 Å². The zero-order chi connectivity index (χ0) is 9.80. The maximum atomic E-state index is 12.0. The lowest BCUT2D eigenvalue weighted by Gasteiger charge is -2.28. The number of anilines is 2. The van der Waals surface area contributed by atoms with Crippen LogP contribution in [0.25, 0.3) is 0 Å². The van der Waals surface area contributed by atoms with Crippen LogP contribution in [0.5, 0.6) is 0 Å². The van der Waals surface area contributed by atoms with Gasteiger partial charge in [-0.2, -0.15) is 0 Å². The van der Waals surface area contributed by atoms with Gasteiger partial charge < -0.3 is 9.64 Å². The van der Waals surface area contributed by atoms with Crippen molar-refractivity contribution < 1.29 is 9.22 Å². The molecule has 0 saturated carbocycles. The summed E-state index contributed by atoms with van der Waals surface area (Å²) < 4.78 is 17.3. The summed E-state index contributed by atoms with van der Waals surface area (Å²) in [6.07, 6.45) is 0. The van der Waals surface area contributed by atoms with Crippen LogP contribution < -0.4 is 10.4 Å². The first-order chi connectivity index (χ1) is 6.90. The second-order valence-electron chi connectivity index (χ2n) is 3.24. The highest BCUT2D eigenvalue weighted by Crippen LogP contribution is 2.18. The van der Waals surface area contributed by atoms with Crippen LogP contribution in [0.1, 0.15) is 0 Å². The van der Waals surface area contributed by atoms with E-state index in [9.17, 15) is 4.48 Å². The van der Waals surface area contributed by atoms with Crippen molar-refractivity contribution in [1.82, 2.24) is 0 Å². The second kappa shape index (κ2) is 4.28. The SMILES string of the molecule is FNc1ccc(N2CCOCC2)cc1. The van der Waals surface area contributed by atoms with E-state index >= 15 is 0 Å². The molecule has 0 spiro atoms. The fraction of sp³-hybridized carbons (Fsp3) is 0.400. The minimum absolute atomic E-state index is 0.488. The van der Waals surface area contributed by atoms with Crippen molar-refractivity contribution in [2.45, 2.75) is 0 Å². The number of halogens is 1. The molecular weight excluding hydrogens is 183 g/mol. The smallest absolute Gasteiger partial charge is 0.0657 e. The fourth-order valence-corrected chi connectivity index (χ4v) is 1.56. The normalized spacial score (nSPS) is 16.8. The highest BCUT2D eigenvalue weighted by Gasteiger charge is 2.10. The van der Waals surface area contributed by atoms with Gasteiger partial charge in [0, 0.05) is 18.8 Å². The van der Waals surface area contributed by atoms with E-state index in [2.05, 4.69) is 4.90 Å². The first-order valence-corrected chi connectivity index (χ1v) is 4.69. The van der Waals surface area contributed by atoms with Crippen molar-refractivity contribution in [3.8, 4) is 0 Å². The average Bonchev–Trinajstić information content (AvgIpc) is 2.30. The van der Waals surface area contributed by atoms with E-state index in [1.807, 2.05) is 12.1 Å². The summed E-state index contributed by atoms with van der Waals surface area (Å²) >= 11 is 0. The summed E-state index contributed by atoms with van der Waals surface area (Å²) in [6.45, 7) is 3.34. The molecule has 0 amide bonds. The van der Waals surface area contributed by atoms with E-state index in [0.717, 1.165) is 32.0 Å². The van der Waals surface area contributed by atoms with Crippen LogP contribution in [0.2, 0.25) is 0 Å². The standard InChI is InChI=1S/C10H13FN2O/c11-12-9-1-3-10(4-2-9)13-5-7-14-8-6-13/h1-4,12H,5-8H2. The molecule has 1 aliphatic rings. The maximum Gasteiger partial charge on any atom is 0.0657 e. The molecule has 0 atom stereocenters. The Hall–Kier alpha value is -1.29. The topological polar surface area (TPSA) is 24.5 Å². The molecule has 1 aliphatic heterocycles. The number of benzene rings is 1. The van der Waals surface area contributed by atoms with Gasteiger partial charge >= 0.3 is 0 Å². The lowest BCUT2D eigenvalue weighted by molar-refractivity contribution is 0.122. The third-order valence-electron chi connectivity index (χ3n) is 2.35. The molecule has 1 fully saturated rings. The van der Waals surface area contributed by atoms with E-state index in [1.165, 1.54) is 0 Å².